The summed E-state index contributed by atoms with van der Waals surface area (Å²) in [5.41, 5.74) is 5.45. The number of fused-ring (bicyclic) bond motifs is 1. The molecule has 0 spiro atoms. The maximum absolute atomic E-state index is 13.0. The van der Waals surface area contributed by atoms with Crippen LogP contribution in [0.5, 0.6) is 0 Å². The Kier molecular flexibility index (Phi) is 6.17. The van der Waals surface area contributed by atoms with E-state index in [-0.39, 0.29) is 16.8 Å². The molecule has 1 heterocycles. The van der Waals surface area contributed by atoms with Gasteiger partial charge >= 0.3 is 11.4 Å². The molecular formula is C16H12BrClFN3O4. The van der Waals surface area contributed by atoms with Crippen LogP contribution in [0.25, 0.3) is 10.9 Å². The second-order valence-corrected chi connectivity index (χ2v) is 6.10. The van der Waals surface area contributed by atoms with E-state index in [9.17, 15) is 18.8 Å². The van der Waals surface area contributed by atoms with Crippen LogP contribution in [0.3, 0.4) is 0 Å². The molecule has 10 heteroatoms. The van der Waals surface area contributed by atoms with Gasteiger partial charge in [0.25, 0.3) is 5.91 Å². The second-order valence-electron chi connectivity index (χ2n) is 4.87. The molecular weight excluding hydrogens is 433 g/mol. The van der Waals surface area contributed by atoms with Gasteiger partial charge in [0.15, 0.2) is 0 Å². The molecule has 0 atom stereocenters. The minimum absolute atomic E-state index is 0.140. The van der Waals surface area contributed by atoms with Gasteiger partial charge in [-0.3, -0.25) is 9.78 Å². The Morgan fingerprint density at radius 1 is 1.31 bits per heavy atom. The lowest BCUT2D eigenvalue weighted by Crippen LogP contribution is -2.19. The molecule has 0 radical (unpaired) electrons. The quantitative estimate of drug-likeness (QED) is 0.499. The zero-order valence-corrected chi connectivity index (χ0v) is 15.6. The molecule has 0 saturated heterocycles. The van der Waals surface area contributed by atoms with E-state index < -0.39 is 17.2 Å². The van der Waals surface area contributed by atoms with Gasteiger partial charge in [-0.1, -0.05) is 17.7 Å². The summed E-state index contributed by atoms with van der Waals surface area (Å²) in [4.78, 5) is 35.2. The Bertz CT molecular complexity index is 1100. The van der Waals surface area contributed by atoms with Gasteiger partial charge in [-0.05, 0) is 40.2 Å². The molecule has 26 heavy (non-hydrogen) atoms. The number of anilines is 1. The van der Waals surface area contributed by atoms with Crippen LogP contribution in [0, 0.1) is 5.82 Å². The smallest absolute Gasteiger partial charge is 0.398 e. The van der Waals surface area contributed by atoms with Crippen molar-refractivity contribution < 1.29 is 13.6 Å². The highest BCUT2D eigenvalue weighted by Gasteiger charge is 2.14. The number of carbonyl (C=O) groups is 1. The number of benzene rings is 2. The van der Waals surface area contributed by atoms with Crippen molar-refractivity contribution in [3.8, 4) is 0 Å². The van der Waals surface area contributed by atoms with Crippen LogP contribution in [0.15, 0.2) is 48.8 Å². The van der Waals surface area contributed by atoms with Crippen molar-refractivity contribution in [2.24, 2.45) is 0 Å². The van der Waals surface area contributed by atoms with Crippen molar-refractivity contribution >= 4 is 50.0 Å². The molecule has 4 N–H and O–H groups in total. The molecule has 0 saturated carbocycles. The molecule has 3 rings (SSSR count). The molecule has 0 aliphatic carbocycles. The number of hydrogen-bond acceptors (Lipinski definition) is 5. The zero-order valence-electron chi connectivity index (χ0n) is 13.2. The van der Waals surface area contributed by atoms with Crippen LogP contribution in [-0.2, 0) is 0 Å². The predicted octanol–water partition coefficient (Wildman–Crippen LogP) is 2.66. The number of rotatable bonds is 1. The number of nitrogens with two attached hydrogens (primary N) is 1. The van der Waals surface area contributed by atoms with Crippen molar-refractivity contribution in [1.82, 2.24) is 10.3 Å². The van der Waals surface area contributed by atoms with Crippen LogP contribution >= 0.6 is 27.5 Å². The monoisotopic (exact) mass is 443 g/mol. The van der Waals surface area contributed by atoms with Crippen LogP contribution in [0.1, 0.15) is 10.4 Å². The number of hydrogen-bond donors (Lipinski definition) is 3. The molecule has 0 bridgehead atoms. The normalized spacial score (nSPS) is 10.2. The minimum atomic E-state index is -0.961. The molecule has 1 aromatic heterocycles. The summed E-state index contributed by atoms with van der Waals surface area (Å²) in [5, 5.41) is 2.56. The third-order valence-corrected chi connectivity index (χ3v) is 4.50. The highest BCUT2D eigenvalue weighted by atomic mass is 79.9. The first-order valence-electron chi connectivity index (χ1n) is 7.03. The Morgan fingerprint density at radius 2 is 2.00 bits per heavy atom. The fourth-order valence-corrected chi connectivity index (χ4v) is 2.62. The Labute approximate surface area is 159 Å². The molecule has 0 fully saturated rings. The van der Waals surface area contributed by atoms with Crippen molar-refractivity contribution in [3.05, 3.63) is 72.2 Å². The van der Waals surface area contributed by atoms with Crippen molar-refractivity contribution in [2.45, 2.75) is 0 Å². The summed E-state index contributed by atoms with van der Waals surface area (Å²) in [5.74, 6) is -1.88. The molecule has 7 nitrogen and oxygen atoms in total. The van der Waals surface area contributed by atoms with Gasteiger partial charge in [-0.25, -0.2) is 14.0 Å². The Balaban J connectivity index is 0.000000187. The van der Waals surface area contributed by atoms with E-state index in [0.29, 0.717) is 20.7 Å². The van der Waals surface area contributed by atoms with Crippen molar-refractivity contribution in [1.29, 1.82) is 0 Å². The summed E-state index contributed by atoms with van der Waals surface area (Å²) in [6.07, 6.45) is 0. The van der Waals surface area contributed by atoms with Crippen molar-refractivity contribution in [2.75, 3.05) is 12.8 Å². The second kappa shape index (κ2) is 8.15. The van der Waals surface area contributed by atoms with Crippen LogP contribution in [-0.4, -0.2) is 17.9 Å². The molecule has 1 amide bonds. The lowest BCUT2D eigenvalue weighted by molar-refractivity contribution is 0.0964. The van der Waals surface area contributed by atoms with Crippen LogP contribution < -0.4 is 22.4 Å². The molecule has 0 unspecified atom stereocenters. The fourth-order valence-electron chi connectivity index (χ4n) is 2.03. The number of H-pyrrole nitrogens is 1. The van der Waals surface area contributed by atoms with Gasteiger partial charge in [-0.2, -0.15) is 0 Å². The van der Waals surface area contributed by atoms with Crippen LogP contribution in [0.4, 0.5) is 10.1 Å². The van der Waals surface area contributed by atoms with E-state index in [0.717, 1.165) is 6.07 Å². The van der Waals surface area contributed by atoms with Crippen molar-refractivity contribution in [3.63, 3.8) is 0 Å². The van der Waals surface area contributed by atoms with E-state index in [1.54, 1.807) is 12.1 Å². The maximum atomic E-state index is 13.0. The van der Waals surface area contributed by atoms with E-state index >= 15 is 0 Å². The van der Waals surface area contributed by atoms with Gasteiger partial charge in [0.05, 0.1) is 16.1 Å². The summed E-state index contributed by atoms with van der Waals surface area (Å²) in [7, 11) is 1.53. The minimum Gasteiger partial charge on any atom is -0.398 e. The first-order valence-corrected chi connectivity index (χ1v) is 8.20. The molecule has 2 aromatic carbocycles. The van der Waals surface area contributed by atoms with Crippen LogP contribution in [0.2, 0.25) is 5.02 Å². The molecule has 136 valence electrons. The first kappa shape index (κ1) is 19.7. The standard InChI is InChI=1S/C8H8BrClN2O.C8H4FNO3/c1-12-8(13)6-5(11)3-2-4(9)7(6)10;9-4-2-1-3-5-6(4)7(11)13-8(12)10-5/h2-3H,11H2,1H3,(H,12,13);1-3H,(H,10,12). The topological polar surface area (TPSA) is 118 Å². The molecule has 0 aliphatic rings. The summed E-state index contributed by atoms with van der Waals surface area (Å²) < 4.78 is 17.8. The number of nitrogen functional groups attached to an aromatic ring is 1. The number of amides is 1. The summed E-state index contributed by atoms with van der Waals surface area (Å²) >= 11 is 9.09. The van der Waals surface area contributed by atoms with E-state index in [1.165, 1.54) is 19.2 Å². The summed E-state index contributed by atoms with van der Waals surface area (Å²) in [6.45, 7) is 0. The lowest BCUT2D eigenvalue weighted by Gasteiger charge is -2.07. The highest BCUT2D eigenvalue weighted by molar-refractivity contribution is 9.10. The zero-order chi connectivity index (χ0) is 19.4. The number of halogens is 3. The number of carbonyl (C=O) groups excluding carboxylic acids is 1. The van der Waals surface area contributed by atoms with Gasteiger partial charge in [0.1, 0.15) is 11.2 Å². The van der Waals surface area contributed by atoms with Gasteiger partial charge in [0, 0.05) is 17.2 Å². The predicted molar refractivity (Wildman–Crippen MR) is 100 cm³/mol. The summed E-state index contributed by atoms with van der Waals surface area (Å²) in [6, 6.07) is 7.27. The number of aromatic nitrogens is 1. The lowest BCUT2D eigenvalue weighted by atomic mass is 10.1. The third kappa shape index (κ3) is 4.12. The van der Waals surface area contributed by atoms with Gasteiger partial charge in [0.2, 0.25) is 0 Å². The maximum Gasteiger partial charge on any atom is 0.419 e. The molecule has 0 aliphatic heterocycles. The highest BCUT2D eigenvalue weighted by Crippen LogP contribution is 2.30. The van der Waals surface area contributed by atoms with E-state index in [2.05, 4.69) is 30.6 Å². The van der Waals surface area contributed by atoms with Gasteiger partial charge < -0.3 is 15.5 Å². The largest absolute Gasteiger partial charge is 0.419 e. The van der Waals surface area contributed by atoms with E-state index in [4.69, 9.17) is 17.3 Å². The Morgan fingerprint density at radius 3 is 2.65 bits per heavy atom. The Hall–Kier alpha value is -2.65. The van der Waals surface area contributed by atoms with E-state index in [1.807, 2.05) is 0 Å². The number of aromatic amines is 1. The van der Waals surface area contributed by atoms with Gasteiger partial charge in [-0.15, -0.1) is 0 Å². The average Bonchev–Trinajstić information content (AvgIpc) is 2.58. The molecule has 3 aromatic rings. The average molecular weight is 445 g/mol. The fraction of sp³-hybridized carbons (Fsp3) is 0.0625. The first-order chi connectivity index (χ1) is 12.3. The SMILES string of the molecule is CNC(=O)c1c(N)ccc(Br)c1Cl.O=c1[nH]c2cccc(F)c2c(=O)o1. The number of nitrogens with one attached hydrogen (secondary N) is 2. The third-order valence-electron chi connectivity index (χ3n) is 3.22.